The van der Waals surface area contributed by atoms with Gasteiger partial charge in [-0.2, -0.15) is 0 Å². The van der Waals surface area contributed by atoms with Crippen molar-refractivity contribution < 1.29 is 0 Å². The zero-order valence-corrected chi connectivity index (χ0v) is 13.7. The fourth-order valence-electron chi connectivity index (χ4n) is 1.15. The molecule has 0 radical (unpaired) electrons. The number of aromatic nitrogens is 2. The topological polar surface area (TPSA) is 25.8 Å². The van der Waals surface area contributed by atoms with Crippen LogP contribution in [0.15, 0.2) is 15.7 Å². The van der Waals surface area contributed by atoms with E-state index in [2.05, 4.69) is 60.5 Å². The minimum Gasteiger partial charge on any atom is -0.226 e. The fraction of sp³-hybridized carbons (Fsp3) is 0.692. The molecule has 0 spiro atoms. The van der Waals surface area contributed by atoms with Gasteiger partial charge in [-0.25, -0.2) is 9.97 Å². The van der Waals surface area contributed by atoms with E-state index in [1.165, 1.54) is 6.42 Å². The van der Waals surface area contributed by atoms with E-state index in [0.717, 1.165) is 27.1 Å². The summed E-state index contributed by atoms with van der Waals surface area (Å²) in [4.78, 5) is 9.08. The number of hydrogen-bond acceptors (Lipinski definition) is 3. The van der Waals surface area contributed by atoms with Crippen LogP contribution in [0.3, 0.4) is 0 Å². The zero-order chi connectivity index (χ0) is 13.1. The molecule has 0 bridgehead atoms. The van der Waals surface area contributed by atoms with E-state index in [0.29, 0.717) is 0 Å². The monoisotopic (exact) mass is 316 g/mol. The molecule has 0 N–H and O–H groups in total. The van der Waals surface area contributed by atoms with E-state index in [-0.39, 0.29) is 5.41 Å². The van der Waals surface area contributed by atoms with Crippen molar-refractivity contribution in [2.75, 3.05) is 5.75 Å². The van der Waals surface area contributed by atoms with Crippen molar-refractivity contribution in [3.63, 3.8) is 0 Å². The molecular formula is C13H21BrN2S. The van der Waals surface area contributed by atoms with Gasteiger partial charge in [0.05, 0.1) is 0 Å². The number of hydrogen-bond donors (Lipinski definition) is 0. The molecule has 1 atom stereocenters. The summed E-state index contributed by atoms with van der Waals surface area (Å²) in [6, 6.07) is 2.00. The van der Waals surface area contributed by atoms with E-state index in [4.69, 9.17) is 0 Å². The van der Waals surface area contributed by atoms with Crippen LogP contribution in [0, 0.1) is 5.92 Å². The quantitative estimate of drug-likeness (QED) is 0.596. The molecule has 0 amide bonds. The number of nitrogens with zero attached hydrogens (tertiary/aromatic N) is 2. The molecule has 0 fully saturated rings. The molecule has 1 rings (SSSR count). The lowest BCUT2D eigenvalue weighted by atomic mass is 9.96. The average Bonchev–Trinajstić information content (AvgIpc) is 2.24. The van der Waals surface area contributed by atoms with Gasteiger partial charge in [0, 0.05) is 17.2 Å². The van der Waals surface area contributed by atoms with E-state index >= 15 is 0 Å². The second kappa shape index (κ2) is 6.19. The van der Waals surface area contributed by atoms with Gasteiger partial charge in [0.15, 0.2) is 0 Å². The molecule has 0 aromatic carbocycles. The molecule has 1 heterocycles. The largest absolute Gasteiger partial charge is 0.226 e. The summed E-state index contributed by atoms with van der Waals surface area (Å²) in [5.41, 5.74) is -0.00450. The summed E-state index contributed by atoms with van der Waals surface area (Å²) in [7, 11) is 0. The van der Waals surface area contributed by atoms with Crippen molar-refractivity contribution in [3.8, 4) is 0 Å². The summed E-state index contributed by atoms with van der Waals surface area (Å²) < 4.78 is 0.879. The summed E-state index contributed by atoms with van der Waals surface area (Å²) >= 11 is 5.28. The summed E-state index contributed by atoms with van der Waals surface area (Å²) in [6.45, 7) is 10.9. The van der Waals surface area contributed by atoms with Gasteiger partial charge in [-0.05, 0) is 21.8 Å². The highest BCUT2D eigenvalue weighted by atomic mass is 79.9. The van der Waals surface area contributed by atoms with Crippen LogP contribution < -0.4 is 0 Å². The first kappa shape index (κ1) is 15.0. The van der Waals surface area contributed by atoms with Gasteiger partial charge >= 0.3 is 0 Å². The second-order valence-electron chi connectivity index (χ2n) is 5.43. The average molecular weight is 317 g/mol. The predicted octanol–water partition coefficient (Wildman–Crippen LogP) is 4.67. The molecule has 4 heteroatoms. The summed E-state index contributed by atoms with van der Waals surface area (Å²) in [6.07, 6.45) is 1.21. The van der Waals surface area contributed by atoms with Crippen LogP contribution in [-0.4, -0.2) is 15.7 Å². The Bertz CT molecular complexity index is 374. The Balaban J connectivity index is 2.83. The van der Waals surface area contributed by atoms with E-state index in [1.807, 2.05) is 17.8 Å². The first-order valence-electron chi connectivity index (χ1n) is 6.00. The van der Waals surface area contributed by atoms with Crippen LogP contribution in [0.1, 0.15) is 46.9 Å². The molecule has 0 aliphatic rings. The highest BCUT2D eigenvalue weighted by Crippen LogP contribution is 2.26. The SMILES string of the molecule is CCC(C)CSc1cc(Br)nc(C(C)(C)C)n1. The Morgan fingerprint density at radius 1 is 1.35 bits per heavy atom. The molecule has 0 aliphatic carbocycles. The van der Waals surface area contributed by atoms with Gasteiger partial charge < -0.3 is 0 Å². The Morgan fingerprint density at radius 3 is 2.53 bits per heavy atom. The van der Waals surface area contributed by atoms with Crippen molar-refractivity contribution in [3.05, 3.63) is 16.5 Å². The smallest absolute Gasteiger partial charge is 0.136 e. The lowest BCUT2D eigenvalue weighted by molar-refractivity contribution is 0.536. The molecular weight excluding hydrogens is 296 g/mol. The van der Waals surface area contributed by atoms with Gasteiger partial charge in [-0.3, -0.25) is 0 Å². The highest BCUT2D eigenvalue weighted by Gasteiger charge is 2.18. The van der Waals surface area contributed by atoms with Crippen molar-refractivity contribution in [2.45, 2.75) is 51.5 Å². The van der Waals surface area contributed by atoms with E-state index < -0.39 is 0 Å². The van der Waals surface area contributed by atoms with Crippen LogP contribution in [0.4, 0.5) is 0 Å². The Kier molecular flexibility index (Phi) is 5.45. The number of thioether (sulfide) groups is 1. The molecule has 0 saturated carbocycles. The third-order valence-electron chi connectivity index (χ3n) is 2.55. The van der Waals surface area contributed by atoms with Gasteiger partial charge in [-0.15, -0.1) is 11.8 Å². The number of halogens is 1. The second-order valence-corrected chi connectivity index (χ2v) is 7.28. The molecule has 17 heavy (non-hydrogen) atoms. The van der Waals surface area contributed by atoms with Crippen LogP contribution in [0.2, 0.25) is 0 Å². The zero-order valence-electron chi connectivity index (χ0n) is 11.2. The predicted molar refractivity (Wildman–Crippen MR) is 78.6 cm³/mol. The van der Waals surface area contributed by atoms with Crippen molar-refractivity contribution in [1.29, 1.82) is 0 Å². The van der Waals surface area contributed by atoms with Gasteiger partial charge in [0.25, 0.3) is 0 Å². The summed E-state index contributed by atoms with van der Waals surface area (Å²) in [5, 5.41) is 1.07. The van der Waals surface area contributed by atoms with Crippen LogP contribution >= 0.6 is 27.7 Å². The lowest BCUT2D eigenvalue weighted by Gasteiger charge is -2.17. The van der Waals surface area contributed by atoms with Crippen LogP contribution in [-0.2, 0) is 5.41 Å². The van der Waals surface area contributed by atoms with Crippen molar-refractivity contribution in [1.82, 2.24) is 9.97 Å². The minimum absolute atomic E-state index is 0.00450. The highest BCUT2D eigenvalue weighted by molar-refractivity contribution is 9.10. The lowest BCUT2D eigenvalue weighted by Crippen LogP contribution is -2.16. The molecule has 0 saturated heterocycles. The third-order valence-corrected chi connectivity index (χ3v) is 4.20. The Morgan fingerprint density at radius 2 is 2.00 bits per heavy atom. The van der Waals surface area contributed by atoms with E-state index in [9.17, 15) is 0 Å². The normalized spacial score (nSPS) is 13.8. The molecule has 1 aromatic rings. The van der Waals surface area contributed by atoms with Crippen LogP contribution in [0.5, 0.6) is 0 Å². The first-order chi connectivity index (χ1) is 7.82. The van der Waals surface area contributed by atoms with Crippen LogP contribution in [0.25, 0.3) is 0 Å². The molecule has 96 valence electrons. The Labute approximate surface area is 117 Å². The standard InChI is InChI=1S/C13H21BrN2S/c1-6-9(2)8-17-11-7-10(14)15-12(16-11)13(3,4)5/h7,9H,6,8H2,1-5H3. The molecule has 0 aliphatic heterocycles. The number of rotatable bonds is 4. The van der Waals surface area contributed by atoms with Gasteiger partial charge in [0.2, 0.25) is 0 Å². The molecule has 1 unspecified atom stereocenters. The maximum absolute atomic E-state index is 4.63. The fourth-order valence-corrected chi connectivity index (χ4v) is 2.73. The maximum atomic E-state index is 4.63. The van der Waals surface area contributed by atoms with Crippen molar-refractivity contribution in [2.24, 2.45) is 5.92 Å². The van der Waals surface area contributed by atoms with Crippen molar-refractivity contribution >= 4 is 27.7 Å². The van der Waals surface area contributed by atoms with E-state index in [1.54, 1.807) is 0 Å². The Hall–Kier alpha value is -0.0900. The third kappa shape index (κ3) is 4.96. The minimum atomic E-state index is -0.00450. The summed E-state index contributed by atoms with van der Waals surface area (Å²) in [5.74, 6) is 2.74. The maximum Gasteiger partial charge on any atom is 0.136 e. The first-order valence-corrected chi connectivity index (χ1v) is 7.78. The van der Waals surface area contributed by atoms with Gasteiger partial charge in [0.1, 0.15) is 15.5 Å². The van der Waals surface area contributed by atoms with Gasteiger partial charge in [-0.1, -0.05) is 41.0 Å². The molecule has 2 nitrogen and oxygen atoms in total. The molecule has 1 aromatic heterocycles.